The molecule has 2 heterocycles. The first-order valence-electron chi connectivity index (χ1n) is 9.25. The molecule has 0 spiro atoms. The van der Waals surface area contributed by atoms with Gasteiger partial charge in [0.2, 0.25) is 25.2 Å². The van der Waals surface area contributed by atoms with E-state index in [1.165, 1.54) is 36.4 Å². The molecule has 0 saturated carbocycles. The van der Waals surface area contributed by atoms with Gasteiger partial charge < -0.3 is 49.6 Å². The third kappa shape index (κ3) is 3.65. The average molecular weight is 422 g/mol. The molecule has 4 rings (SSSR count). The maximum Gasteiger partial charge on any atom is 0.231 e. The number of rotatable bonds is 7. The highest BCUT2D eigenvalue weighted by Gasteiger charge is 2.40. The molecule has 2 unspecified atom stereocenters. The fourth-order valence-electron chi connectivity index (χ4n) is 3.35. The van der Waals surface area contributed by atoms with E-state index in [-0.39, 0.29) is 37.6 Å². The normalized spacial score (nSPS) is 17.1. The topological polar surface area (TPSA) is 158 Å². The van der Waals surface area contributed by atoms with Gasteiger partial charge in [-0.05, 0) is 49.2 Å². The zero-order chi connectivity index (χ0) is 21.5. The third-order valence-electron chi connectivity index (χ3n) is 5.24. The number of aliphatic hydroxyl groups is 6. The highest BCUT2D eigenvalue weighted by Crippen LogP contribution is 2.38. The standard InChI is InChI=1S/C20H22O10/c21-17(19(23,24)11-1-3-13-15(7-11)29-9-27-13)5-6-18(22)20(25,26)12-2-4-14-16(8-12)30-10-28-14/h1-4,7-8,17-18,21-26H,5-6,9-10H2. The zero-order valence-electron chi connectivity index (χ0n) is 15.8. The van der Waals surface area contributed by atoms with E-state index in [1.807, 2.05) is 0 Å². The van der Waals surface area contributed by atoms with Crippen molar-refractivity contribution in [3.8, 4) is 23.0 Å². The van der Waals surface area contributed by atoms with Crippen LogP contribution < -0.4 is 18.9 Å². The van der Waals surface area contributed by atoms with Gasteiger partial charge in [0.1, 0.15) is 12.2 Å². The third-order valence-corrected chi connectivity index (χ3v) is 5.24. The first-order chi connectivity index (χ1) is 14.2. The molecule has 0 aromatic heterocycles. The summed E-state index contributed by atoms with van der Waals surface area (Å²) in [4.78, 5) is 0. The lowest BCUT2D eigenvalue weighted by atomic mass is 9.91. The van der Waals surface area contributed by atoms with Gasteiger partial charge in [-0.1, -0.05) is 0 Å². The van der Waals surface area contributed by atoms with Gasteiger partial charge in [0.25, 0.3) is 0 Å². The number of aliphatic hydroxyl groups excluding tert-OH is 2. The minimum absolute atomic E-state index is 0.00628. The van der Waals surface area contributed by atoms with Crippen molar-refractivity contribution in [2.45, 2.75) is 36.6 Å². The molecule has 2 aliphatic rings. The highest BCUT2D eigenvalue weighted by atomic mass is 16.7. The molecular weight excluding hydrogens is 400 g/mol. The van der Waals surface area contributed by atoms with Gasteiger partial charge in [-0.25, -0.2) is 0 Å². The van der Waals surface area contributed by atoms with Crippen LogP contribution in [0.2, 0.25) is 0 Å². The quantitative estimate of drug-likeness (QED) is 0.325. The van der Waals surface area contributed by atoms with Crippen molar-refractivity contribution >= 4 is 0 Å². The van der Waals surface area contributed by atoms with Crippen LogP contribution in [0.3, 0.4) is 0 Å². The second kappa shape index (κ2) is 7.58. The summed E-state index contributed by atoms with van der Waals surface area (Å²) in [7, 11) is 0. The highest BCUT2D eigenvalue weighted by molar-refractivity contribution is 5.46. The summed E-state index contributed by atoms with van der Waals surface area (Å²) in [6, 6.07) is 8.34. The van der Waals surface area contributed by atoms with Crippen LogP contribution in [-0.2, 0) is 11.6 Å². The molecule has 0 amide bonds. The largest absolute Gasteiger partial charge is 0.454 e. The molecule has 6 N–H and O–H groups in total. The molecule has 0 fully saturated rings. The van der Waals surface area contributed by atoms with Gasteiger partial charge in [0.15, 0.2) is 23.0 Å². The molecule has 30 heavy (non-hydrogen) atoms. The number of hydrogen-bond acceptors (Lipinski definition) is 10. The zero-order valence-corrected chi connectivity index (χ0v) is 15.8. The smallest absolute Gasteiger partial charge is 0.231 e. The summed E-state index contributed by atoms with van der Waals surface area (Å²) in [6.45, 7) is 0.0126. The van der Waals surface area contributed by atoms with Crippen LogP contribution in [0.1, 0.15) is 24.0 Å². The Balaban J connectivity index is 1.42. The fourth-order valence-corrected chi connectivity index (χ4v) is 3.35. The van der Waals surface area contributed by atoms with E-state index < -0.39 is 23.8 Å². The van der Waals surface area contributed by atoms with Crippen LogP contribution in [0.4, 0.5) is 0 Å². The molecule has 0 radical (unpaired) electrons. The molecule has 2 atom stereocenters. The predicted octanol–water partition coefficient (Wildman–Crippen LogP) is -0.379. The van der Waals surface area contributed by atoms with Gasteiger partial charge in [-0.2, -0.15) is 0 Å². The molecule has 10 nitrogen and oxygen atoms in total. The maximum absolute atomic E-state index is 10.4. The van der Waals surface area contributed by atoms with Gasteiger partial charge in [-0.15, -0.1) is 0 Å². The number of hydrogen-bond donors (Lipinski definition) is 6. The lowest BCUT2D eigenvalue weighted by Gasteiger charge is -2.31. The Morgan fingerprint density at radius 2 is 1.00 bits per heavy atom. The SMILES string of the molecule is OC(CCC(O)C(O)(O)c1ccc2c(c1)OCO2)C(O)(O)c1ccc2c(c1)OCO2. The number of ether oxygens (including phenoxy) is 4. The first kappa shape index (κ1) is 20.7. The van der Waals surface area contributed by atoms with Crippen molar-refractivity contribution in [1.29, 1.82) is 0 Å². The molecule has 10 heteroatoms. The molecule has 0 aliphatic carbocycles. The van der Waals surface area contributed by atoms with E-state index in [1.54, 1.807) is 0 Å². The Hall–Kier alpha value is -2.60. The fraction of sp³-hybridized carbons (Fsp3) is 0.400. The van der Waals surface area contributed by atoms with Crippen molar-refractivity contribution in [1.82, 2.24) is 0 Å². The Morgan fingerprint density at radius 1 is 0.633 bits per heavy atom. The van der Waals surface area contributed by atoms with Crippen LogP contribution >= 0.6 is 0 Å². The van der Waals surface area contributed by atoms with Gasteiger partial charge in [0.05, 0.1) is 0 Å². The van der Waals surface area contributed by atoms with Crippen molar-refractivity contribution in [3.05, 3.63) is 47.5 Å². The van der Waals surface area contributed by atoms with Crippen LogP contribution in [0.15, 0.2) is 36.4 Å². The number of fused-ring (bicyclic) bond motifs is 2. The average Bonchev–Trinajstić information content (AvgIpc) is 3.39. The van der Waals surface area contributed by atoms with Crippen LogP contribution in [-0.4, -0.2) is 56.4 Å². The van der Waals surface area contributed by atoms with Gasteiger partial charge in [0, 0.05) is 11.1 Å². The second-order valence-corrected chi connectivity index (χ2v) is 7.20. The van der Waals surface area contributed by atoms with Gasteiger partial charge >= 0.3 is 0 Å². The Kier molecular flexibility index (Phi) is 5.22. The van der Waals surface area contributed by atoms with Crippen molar-refractivity contribution in [3.63, 3.8) is 0 Å². The molecule has 2 aromatic carbocycles. The van der Waals surface area contributed by atoms with Crippen LogP contribution in [0.25, 0.3) is 0 Å². The monoisotopic (exact) mass is 422 g/mol. The van der Waals surface area contributed by atoms with E-state index in [0.29, 0.717) is 23.0 Å². The van der Waals surface area contributed by atoms with Crippen molar-refractivity contribution in [2.75, 3.05) is 13.6 Å². The lowest BCUT2D eigenvalue weighted by molar-refractivity contribution is -0.252. The summed E-state index contributed by atoms with van der Waals surface area (Å²) < 4.78 is 20.7. The van der Waals surface area contributed by atoms with Crippen molar-refractivity contribution < 1.29 is 49.6 Å². The van der Waals surface area contributed by atoms with E-state index in [2.05, 4.69) is 0 Å². The van der Waals surface area contributed by atoms with Gasteiger partial charge in [-0.3, -0.25) is 0 Å². The Bertz CT molecular complexity index is 850. The molecule has 0 saturated heterocycles. The van der Waals surface area contributed by atoms with Crippen LogP contribution in [0.5, 0.6) is 23.0 Å². The first-order valence-corrected chi connectivity index (χ1v) is 9.25. The van der Waals surface area contributed by atoms with E-state index in [4.69, 9.17) is 18.9 Å². The minimum Gasteiger partial charge on any atom is -0.454 e. The maximum atomic E-state index is 10.4. The Labute approximate surface area is 171 Å². The predicted molar refractivity (Wildman–Crippen MR) is 98.6 cm³/mol. The molecule has 162 valence electrons. The van der Waals surface area contributed by atoms with Crippen molar-refractivity contribution in [2.24, 2.45) is 0 Å². The van der Waals surface area contributed by atoms with Crippen LogP contribution in [0, 0.1) is 0 Å². The molecule has 0 bridgehead atoms. The van der Waals surface area contributed by atoms with E-state index in [9.17, 15) is 30.6 Å². The summed E-state index contributed by atoms with van der Waals surface area (Å²) >= 11 is 0. The Morgan fingerprint density at radius 3 is 1.40 bits per heavy atom. The second-order valence-electron chi connectivity index (χ2n) is 7.20. The minimum atomic E-state index is -2.66. The number of benzene rings is 2. The summed E-state index contributed by atoms with van der Waals surface area (Å²) in [5, 5.41) is 62.2. The summed E-state index contributed by atoms with van der Waals surface area (Å²) in [5.74, 6) is -3.83. The van der Waals surface area contributed by atoms with E-state index >= 15 is 0 Å². The summed E-state index contributed by atoms with van der Waals surface area (Å²) in [5.41, 5.74) is -0.0764. The van der Waals surface area contributed by atoms with E-state index in [0.717, 1.165) is 0 Å². The molecular formula is C20H22O10. The lowest BCUT2D eigenvalue weighted by Crippen LogP contribution is -2.43. The summed E-state index contributed by atoms with van der Waals surface area (Å²) in [6.07, 6.45) is -4.17. The molecule has 2 aliphatic heterocycles. The molecule has 2 aromatic rings.